The number of nitrogens with one attached hydrogen (secondary N) is 2. The molecule has 2 aromatic heterocycles. The minimum absolute atomic E-state index is 0.0621. The number of fused-ring (bicyclic) bond motifs is 1. The van der Waals surface area contributed by atoms with E-state index in [1.165, 1.54) is 17.4 Å². The van der Waals surface area contributed by atoms with Gasteiger partial charge in [-0.15, -0.1) is 11.3 Å². The van der Waals surface area contributed by atoms with E-state index in [1.807, 2.05) is 48.7 Å². The molecule has 0 amide bonds. The first kappa shape index (κ1) is 20.5. The number of imidazole rings is 1. The van der Waals surface area contributed by atoms with E-state index in [1.54, 1.807) is 6.07 Å². The molecule has 0 aliphatic heterocycles. The van der Waals surface area contributed by atoms with Gasteiger partial charge in [-0.1, -0.05) is 23.8 Å². The lowest BCUT2D eigenvalue weighted by Gasteiger charge is -2.06. The zero-order valence-electron chi connectivity index (χ0n) is 16.3. The number of Topliss-reactive ketones (excluding diaryl/α,β-unsaturated/α-hetero) is 1. The van der Waals surface area contributed by atoms with Crippen LogP contribution in [0.1, 0.15) is 28.8 Å². The zero-order valence-corrected chi connectivity index (χ0v) is 18.0. The summed E-state index contributed by atoms with van der Waals surface area (Å²) < 4.78 is 15.2. The van der Waals surface area contributed by atoms with Crippen LogP contribution in [-0.2, 0) is 11.0 Å². The van der Waals surface area contributed by atoms with Crippen LogP contribution in [0.25, 0.3) is 21.7 Å². The second-order valence-corrected chi connectivity index (χ2v) is 9.17. The Balaban J connectivity index is 1.41. The van der Waals surface area contributed by atoms with Crippen molar-refractivity contribution >= 4 is 39.1 Å². The monoisotopic (exact) mass is 439 g/mol. The summed E-state index contributed by atoms with van der Waals surface area (Å²) in [5, 5.41) is 12.1. The number of hydrogen-bond acceptors (Lipinski definition) is 5. The largest absolute Gasteiger partial charge is 0.506 e. The average molecular weight is 440 g/mol. The minimum atomic E-state index is -1.30. The smallest absolute Gasteiger partial charge is 0.165 e. The highest BCUT2D eigenvalue weighted by Gasteiger charge is 2.17. The van der Waals surface area contributed by atoms with E-state index in [-0.39, 0.29) is 11.5 Å². The van der Waals surface area contributed by atoms with Crippen LogP contribution in [0, 0.1) is 6.92 Å². The molecule has 0 bridgehead atoms. The van der Waals surface area contributed by atoms with Gasteiger partial charge in [-0.05, 0) is 49.1 Å². The van der Waals surface area contributed by atoms with E-state index in [0.717, 1.165) is 10.4 Å². The van der Waals surface area contributed by atoms with Crippen molar-refractivity contribution in [3.05, 3.63) is 65.0 Å². The number of aromatic nitrogens is 2. The van der Waals surface area contributed by atoms with Crippen LogP contribution in [-0.4, -0.2) is 31.6 Å². The summed E-state index contributed by atoms with van der Waals surface area (Å²) in [6, 6.07) is 14.5. The van der Waals surface area contributed by atoms with Gasteiger partial charge >= 0.3 is 0 Å². The Morgan fingerprint density at radius 1 is 1.20 bits per heavy atom. The first-order chi connectivity index (χ1) is 14.5. The Bertz CT molecular complexity index is 1200. The predicted molar refractivity (Wildman–Crippen MR) is 120 cm³/mol. The Hall–Kier alpha value is -2.81. The summed E-state index contributed by atoms with van der Waals surface area (Å²) >= 11 is 1.53. The highest BCUT2D eigenvalue weighted by atomic mass is 32.2. The summed E-state index contributed by atoms with van der Waals surface area (Å²) in [5.41, 5.74) is 2.52. The van der Waals surface area contributed by atoms with Crippen LogP contribution in [0.15, 0.2) is 58.8 Å². The highest BCUT2D eigenvalue weighted by Crippen LogP contribution is 2.31. The Labute approximate surface area is 180 Å². The van der Waals surface area contributed by atoms with Gasteiger partial charge in [0.05, 0.1) is 9.77 Å². The second-order valence-electron chi connectivity index (χ2n) is 6.92. The fourth-order valence-electron chi connectivity index (χ4n) is 3.13. The number of nitrogens with zero attached hydrogens (tertiary/aromatic N) is 1. The molecule has 0 aliphatic carbocycles. The summed E-state index contributed by atoms with van der Waals surface area (Å²) in [6.45, 7) is 2.43. The lowest BCUT2D eigenvalue weighted by atomic mass is 10.0. The van der Waals surface area contributed by atoms with Crippen molar-refractivity contribution < 1.29 is 14.1 Å². The Kier molecular flexibility index (Phi) is 6.08. The molecule has 0 radical (unpaired) electrons. The topological polar surface area (TPSA) is 95.1 Å². The molecule has 0 fully saturated rings. The van der Waals surface area contributed by atoms with E-state index >= 15 is 0 Å². The van der Waals surface area contributed by atoms with E-state index in [0.29, 0.717) is 46.7 Å². The number of H-pyrrole nitrogens is 1. The molecule has 6 nitrogen and oxygen atoms in total. The standard InChI is InChI=1S/C22H21N3O3S2/c1-14-6-8-15(9-7-14)30(28)23-12-2-4-17(26)16-10-11-18(27)21-20(16)24-22(25-21)19-5-3-13-29-19/h3,5-11,13,23,27H,2,4,12H2,1H3,(H,24,25). The van der Waals surface area contributed by atoms with Crippen LogP contribution in [0.2, 0.25) is 0 Å². The van der Waals surface area contributed by atoms with Crippen LogP contribution < -0.4 is 4.72 Å². The van der Waals surface area contributed by atoms with E-state index in [4.69, 9.17) is 0 Å². The van der Waals surface area contributed by atoms with E-state index in [9.17, 15) is 14.1 Å². The van der Waals surface area contributed by atoms with Gasteiger partial charge < -0.3 is 10.1 Å². The SMILES string of the molecule is Cc1ccc(S(=O)NCCCC(=O)c2ccc(O)c3[nH]c(-c4cccs4)nc23)cc1. The molecule has 30 heavy (non-hydrogen) atoms. The number of phenols is 1. The number of aromatic hydroxyl groups is 1. The molecule has 3 N–H and O–H groups in total. The summed E-state index contributed by atoms with van der Waals surface area (Å²) in [7, 11) is -1.30. The van der Waals surface area contributed by atoms with Crippen molar-refractivity contribution in [2.75, 3.05) is 6.54 Å². The van der Waals surface area contributed by atoms with E-state index < -0.39 is 11.0 Å². The third kappa shape index (κ3) is 4.35. The fourth-order valence-corrected chi connectivity index (χ4v) is 4.68. The van der Waals surface area contributed by atoms with Crippen molar-refractivity contribution in [3.8, 4) is 16.5 Å². The zero-order chi connectivity index (χ0) is 21.1. The number of benzene rings is 2. The summed E-state index contributed by atoms with van der Waals surface area (Å²) in [4.78, 5) is 22.1. The molecule has 0 saturated carbocycles. The molecule has 1 unspecified atom stereocenters. The second kappa shape index (κ2) is 8.91. The number of carbonyl (C=O) groups is 1. The number of carbonyl (C=O) groups excluding carboxylic acids is 1. The lowest BCUT2D eigenvalue weighted by Crippen LogP contribution is -2.19. The van der Waals surface area contributed by atoms with Crippen LogP contribution >= 0.6 is 11.3 Å². The molecular weight excluding hydrogens is 418 g/mol. The summed E-state index contributed by atoms with van der Waals surface area (Å²) in [5.74, 6) is 0.630. The molecule has 4 aromatic rings. The van der Waals surface area contributed by atoms with Crippen molar-refractivity contribution in [2.24, 2.45) is 0 Å². The van der Waals surface area contributed by atoms with Crippen molar-refractivity contribution in [1.82, 2.24) is 14.7 Å². The number of aryl methyl sites for hydroxylation is 1. The van der Waals surface area contributed by atoms with Crippen molar-refractivity contribution in [2.45, 2.75) is 24.7 Å². The fraction of sp³-hybridized carbons (Fsp3) is 0.182. The lowest BCUT2D eigenvalue weighted by molar-refractivity contribution is 0.0982. The maximum absolute atomic E-state index is 12.8. The average Bonchev–Trinajstić information content (AvgIpc) is 3.42. The van der Waals surface area contributed by atoms with Gasteiger partial charge in [-0.3, -0.25) is 4.79 Å². The maximum Gasteiger partial charge on any atom is 0.165 e. The third-order valence-corrected chi connectivity index (χ3v) is 6.77. The third-order valence-electron chi connectivity index (χ3n) is 4.73. The minimum Gasteiger partial charge on any atom is -0.506 e. The number of hydrogen-bond donors (Lipinski definition) is 3. The van der Waals surface area contributed by atoms with Crippen LogP contribution in [0.4, 0.5) is 0 Å². The molecule has 2 aromatic carbocycles. The molecule has 8 heteroatoms. The van der Waals surface area contributed by atoms with Gasteiger partial charge in [-0.25, -0.2) is 13.9 Å². The van der Waals surface area contributed by atoms with Gasteiger partial charge in [0.25, 0.3) is 0 Å². The first-order valence-electron chi connectivity index (χ1n) is 9.53. The number of ketones is 1. The number of thiophene rings is 1. The highest BCUT2D eigenvalue weighted by molar-refractivity contribution is 7.83. The van der Waals surface area contributed by atoms with Crippen molar-refractivity contribution in [1.29, 1.82) is 0 Å². The van der Waals surface area contributed by atoms with E-state index in [2.05, 4.69) is 14.7 Å². The van der Waals surface area contributed by atoms with Gasteiger partial charge in [0.1, 0.15) is 33.6 Å². The number of phenolic OH excluding ortho intramolecular Hbond substituents is 1. The quantitative estimate of drug-likeness (QED) is 0.277. The van der Waals surface area contributed by atoms with Crippen LogP contribution in [0.5, 0.6) is 5.75 Å². The molecule has 4 rings (SSSR count). The Morgan fingerprint density at radius 3 is 2.73 bits per heavy atom. The molecule has 2 heterocycles. The summed E-state index contributed by atoms with van der Waals surface area (Å²) in [6.07, 6.45) is 0.834. The van der Waals surface area contributed by atoms with Gasteiger partial charge in [0.15, 0.2) is 5.78 Å². The first-order valence-corrected chi connectivity index (χ1v) is 11.6. The molecule has 154 valence electrons. The van der Waals surface area contributed by atoms with Crippen LogP contribution in [0.3, 0.4) is 0 Å². The molecule has 1 atom stereocenters. The molecular formula is C22H21N3O3S2. The number of aromatic amines is 1. The Morgan fingerprint density at radius 2 is 2.00 bits per heavy atom. The van der Waals surface area contributed by atoms with Gasteiger partial charge in [0, 0.05) is 18.5 Å². The molecule has 0 aliphatic rings. The van der Waals surface area contributed by atoms with Crippen molar-refractivity contribution in [3.63, 3.8) is 0 Å². The molecule has 0 spiro atoms. The normalized spacial score (nSPS) is 12.3. The maximum atomic E-state index is 12.8. The predicted octanol–water partition coefficient (Wildman–Crippen LogP) is 4.58. The van der Waals surface area contributed by atoms with Gasteiger partial charge in [0.2, 0.25) is 0 Å². The van der Waals surface area contributed by atoms with Gasteiger partial charge in [-0.2, -0.15) is 0 Å². The number of rotatable bonds is 8. The molecule has 0 saturated heterocycles.